The summed E-state index contributed by atoms with van der Waals surface area (Å²) in [5.74, 6) is 1.94. The first-order chi connectivity index (χ1) is 10.3. The summed E-state index contributed by atoms with van der Waals surface area (Å²) in [6.45, 7) is 1.42. The Hall–Kier alpha value is -2.00. The van der Waals surface area contributed by atoms with Gasteiger partial charge in [0.25, 0.3) is 0 Å². The molecule has 2 aromatic rings. The quantitative estimate of drug-likeness (QED) is 0.739. The lowest BCUT2D eigenvalue weighted by Crippen LogP contribution is -2.35. The molecule has 0 bridgehead atoms. The molecule has 0 spiro atoms. The lowest BCUT2D eigenvalue weighted by atomic mass is 9.76. The molecule has 3 aliphatic rings. The van der Waals surface area contributed by atoms with Crippen molar-refractivity contribution in [1.29, 1.82) is 0 Å². The maximum absolute atomic E-state index is 5.87. The molecule has 21 heavy (non-hydrogen) atoms. The number of benzene rings is 2. The molecule has 1 aliphatic carbocycles. The maximum Gasteiger partial charge on any atom is 0.230 e. The molecule has 2 aromatic carbocycles. The van der Waals surface area contributed by atoms with Gasteiger partial charge in [0.15, 0.2) is 0 Å². The Balaban J connectivity index is 1.91. The van der Waals surface area contributed by atoms with Crippen molar-refractivity contribution in [3.8, 4) is 22.6 Å². The molecule has 0 saturated carbocycles. The van der Waals surface area contributed by atoms with Gasteiger partial charge in [-0.15, -0.1) is 0 Å². The van der Waals surface area contributed by atoms with Crippen LogP contribution in [-0.2, 0) is 12.8 Å². The van der Waals surface area contributed by atoms with Gasteiger partial charge in [-0.3, -0.25) is 4.90 Å². The molecule has 1 atom stereocenters. The average molecular weight is 279 g/mol. The number of rotatable bonds is 0. The fraction of sp³-hybridized carbons (Fsp3) is 0.333. The van der Waals surface area contributed by atoms with Crippen molar-refractivity contribution in [1.82, 2.24) is 4.90 Å². The zero-order valence-electron chi connectivity index (χ0n) is 12.1. The average Bonchev–Trinajstić information content (AvgIpc) is 2.70. The standard InChI is InChI=1S/C18H17NO2/c1-19-8-7-11-5-6-15-18-16(11)13(19)9-12-3-2-4-14(17(12)18)20-10-21-15/h2-6,13H,7-10H2,1H3. The van der Waals surface area contributed by atoms with Crippen LogP contribution in [0.25, 0.3) is 11.1 Å². The Morgan fingerprint density at radius 2 is 1.86 bits per heavy atom. The zero-order chi connectivity index (χ0) is 14.0. The highest BCUT2D eigenvalue weighted by atomic mass is 16.7. The van der Waals surface area contributed by atoms with E-state index in [2.05, 4.69) is 42.3 Å². The molecular formula is C18H17NO2. The summed E-state index contributed by atoms with van der Waals surface area (Å²) in [4.78, 5) is 2.48. The van der Waals surface area contributed by atoms with Gasteiger partial charge in [0.05, 0.1) is 0 Å². The van der Waals surface area contributed by atoms with Crippen LogP contribution in [0.15, 0.2) is 30.3 Å². The van der Waals surface area contributed by atoms with Gasteiger partial charge in [0.2, 0.25) is 6.79 Å². The second kappa shape index (κ2) is 4.01. The molecule has 0 N–H and O–H groups in total. The predicted molar refractivity (Wildman–Crippen MR) is 80.8 cm³/mol. The molecule has 1 unspecified atom stereocenters. The van der Waals surface area contributed by atoms with Crippen molar-refractivity contribution in [2.75, 3.05) is 20.4 Å². The minimum absolute atomic E-state index is 0.294. The fourth-order valence-corrected chi connectivity index (χ4v) is 4.07. The Labute approximate surface area is 124 Å². The molecular weight excluding hydrogens is 262 g/mol. The molecule has 2 heterocycles. The SMILES string of the molecule is CN1CCc2ccc3c4c2C1Cc1cccc(c1-4)OCO3. The van der Waals surface area contributed by atoms with E-state index >= 15 is 0 Å². The summed E-state index contributed by atoms with van der Waals surface area (Å²) in [6, 6.07) is 11.2. The van der Waals surface area contributed by atoms with Crippen LogP contribution in [0.2, 0.25) is 0 Å². The summed E-state index contributed by atoms with van der Waals surface area (Å²) < 4.78 is 11.7. The van der Waals surface area contributed by atoms with Gasteiger partial charge in [0.1, 0.15) is 11.5 Å². The van der Waals surface area contributed by atoms with E-state index in [1.165, 1.54) is 27.8 Å². The van der Waals surface area contributed by atoms with Crippen LogP contribution in [-0.4, -0.2) is 25.3 Å². The van der Waals surface area contributed by atoms with Crippen molar-refractivity contribution in [2.45, 2.75) is 18.9 Å². The zero-order valence-corrected chi connectivity index (χ0v) is 12.1. The first-order valence-corrected chi connectivity index (χ1v) is 7.57. The van der Waals surface area contributed by atoms with Gasteiger partial charge >= 0.3 is 0 Å². The lowest BCUT2D eigenvalue weighted by molar-refractivity contribution is 0.124. The molecule has 3 nitrogen and oxygen atoms in total. The molecule has 5 rings (SSSR count). The molecule has 0 saturated heterocycles. The number of nitrogens with zero attached hydrogens (tertiary/aromatic N) is 1. The second-order valence-corrected chi connectivity index (χ2v) is 6.16. The Morgan fingerprint density at radius 1 is 1.00 bits per heavy atom. The Kier molecular flexibility index (Phi) is 2.22. The van der Waals surface area contributed by atoms with Crippen LogP contribution >= 0.6 is 0 Å². The summed E-state index contributed by atoms with van der Waals surface area (Å²) in [7, 11) is 2.23. The van der Waals surface area contributed by atoms with E-state index in [1.54, 1.807) is 0 Å². The highest BCUT2D eigenvalue weighted by Gasteiger charge is 2.36. The number of likely N-dealkylation sites (N-methyl/N-ethyl adjacent to an activating group) is 1. The first kappa shape index (κ1) is 11.6. The van der Waals surface area contributed by atoms with E-state index in [0.717, 1.165) is 30.9 Å². The van der Waals surface area contributed by atoms with E-state index in [9.17, 15) is 0 Å². The largest absolute Gasteiger partial charge is 0.457 e. The van der Waals surface area contributed by atoms with E-state index in [1.807, 2.05) is 0 Å². The second-order valence-electron chi connectivity index (χ2n) is 6.16. The molecule has 0 radical (unpaired) electrons. The van der Waals surface area contributed by atoms with Gasteiger partial charge in [-0.2, -0.15) is 0 Å². The van der Waals surface area contributed by atoms with Crippen molar-refractivity contribution in [3.05, 3.63) is 47.0 Å². The number of hydrogen-bond donors (Lipinski definition) is 0. The molecule has 3 heteroatoms. The van der Waals surface area contributed by atoms with Crippen molar-refractivity contribution >= 4 is 0 Å². The Morgan fingerprint density at radius 3 is 2.76 bits per heavy atom. The molecule has 106 valence electrons. The molecule has 2 aliphatic heterocycles. The van der Waals surface area contributed by atoms with E-state index in [0.29, 0.717) is 12.8 Å². The van der Waals surface area contributed by atoms with Crippen molar-refractivity contribution < 1.29 is 9.47 Å². The monoisotopic (exact) mass is 279 g/mol. The van der Waals surface area contributed by atoms with Crippen LogP contribution in [0.1, 0.15) is 22.7 Å². The van der Waals surface area contributed by atoms with Gasteiger partial charge in [-0.05, 0) is 48.7 Å². The summed E-state index contributed by atoms with van der Waals surface area (Å²) in [5, 5.41) is 0. The van der Waals surface area contributed by atoms with Crippen LogP contribution in [0, 0.1) is 0 Å². The van der Waals surface area contributed by atoms with E-state index in [-0.39, 0.29) is 0 Å². The first-order valence-electron chi connectivity index (χ1n) is 7.57. The predicted octanol–water partition coefficient (Wildman–Crippen LogP) is 3.17. The van der Waals surface area contributed by atoms with E-state index < -0.39 is 0 Å². The maximum atomic E-state index is 5.87. The number of ether oxygens (including phenoxy) is 2. The lowest BCUT2D eigenvalue weighted by Gasteiger charge is -2.40. The molecule has 0 fully saturated rings. The highest BCUT2D eigenvalue weighted by molar-refractivity contribution is 5.85. The molecule has 0 amide bonds. The smallest absolute Gasteiger partial charge is 0.230 e. The summed E-state index contributed by atoms with van der Waals surface area (Å²) in [6.07, 6.45) is 2.18. The van der Waals surface area contributed by atoms with Gasteiger partial charge in [-0.25, -0.2) is 0 Å². The van der Waals surface area contributed by atoms with Crippen LogP contribution in [0.3, 0.4) is 0 Å². The topological polar surface area (TPSA) is 21.7 Å². The van der Waals surface area contributed by atoms with Crippen LogP contribution < -0.4 is 9.47 Å². The van der Waals surface area contributed by atoms with Crippen molar-refractivity contribution in [3.63, 3.8) is 0 Å². The van der Waals surface area contributed by atoms with Crippen LogP contribution in [0.4, 0.5) is 0 Å². The minimum Gasteiger partial charge on any atom is -0.457 e. The third kappa shape index (κ3) is 1.47. The number of hydrogen-bond acceptors (Lipinski definition) is 3. The van der Waals surface area contributed by atoms with Gasteiger partial charge in [0, 0.05) is 23.7 Å². The third-order valence-corrected chi connectivity index (χ3v) is 5.10. The molecule has 0 aromatic heterocycles. The normalized spacial score (nSPS) is 21.9. The van der Waals surface area contributed by atoms with Gasteiger partial charge in [-0.1, -0.05) is 18.2 Å². The summed E-state index contributed by atoms with van der Waals surface area (Å²) in [5.41, 5.74) is 6.85. The fourth-order valence-electron chi connectivity index (χ4n) is 4.07. The summed E-state index contributed by atoms with van der Waals surface area (Å²) >= 11 is 0. The van der Waals surface area contributed by atoms with Gasteiger partial charge < -0.3 is 9.47 Å². The van der Waals surface area contributed by atoms with Crippen LogP contribution in [0.5, 0.6) is 11.5 Å². The third-order valence-electron chi connectivity index (χ3n) is 5.10. The highest BCUT2D eigenvalue weighted by Crippen LogP contribution is 2.52. The Bertz CT molecular complexity index is 753. The van der Waals surface area contributed by atoms with Crippen molar-refractivity contribution in [2.24, 2.45) is 0 Å². The minimum atomic E-state index is 0.294. The van der Waals surface area contributed by atoms with E-state index in [4.69, 9.17) is 9.47 Å².